The highest BCUT2D eigenvalue weighted by Gasteiger charge is 2.17. The van der Waals surface area contributed by atoms with E-state index in [-0.39, 0.29) is 0 Å². The van der Waals surface area contributed by atoms with Gasteiger partial charge in [0, 0.05) is 26.9 Å². The van der Waals surface area contributed by atoms with Crippen molar-refractivity contribution < 1.29 is 0 Å². The predicted molar refractivity (Wildman–Crippen MR) is 160 cm³/mol. The molecule has 2 heterocycles. The first kappa shape index (κ1) is 23.8. The zero-order valence-corrected chi connectivity index (χ0v) is 21.9. The minimum atomic E-state index is 0.498. The van der Waals surface area contributed by atoms with Crippen LogP contribution < -0.4 is 0 Å². The second-order valence-electron chi connectivity index (χ2n) is 9.43. The average Bonchev–Trinajstić information content (AvgIpc) is 3.35. The molecule has 5 nitrogen and oxygen atoms in total. The van der Waals surface area contributed by atoms with Crippen molar-refractivity contribution in [3.05, 3.63) is 132 Å². The number of hydrogen-bond acceptors (Lipinski definition) is 4. The van der Waals surface area contributed by atoms with Crippen LogP contribution in [0.2, 0.25) is 5.02 Å². The molecular weight excluding hydrogens is 514 g/mol. The maximum absolute atomic E-state index is 9.50. The molecule has 0 spiro atoms. The van der Waals surface area contributed by atoms with Crippen LogP contribution in [0.15, 0.2) is 121 Å². The Balaban J connectivity index is 1.45. The number of para-hydroxylation sites is 2. The van der Waals surface area contributed by atoms with E-state index in [1.807, 2.05) is 84.9 Å². The molecule has 5 aromatic carbocycles. The summed E-state index contributed by atoms with van der Waals surface area (Å²) < 4.78 is 2.08. The predicted octanol–water partition coefficient (Wildman–Crippen LogP) is 8.49. The lowest BCUT2D eigenvalue weighted by Gasteiger charge is -2.11. The van der Waals surface area contributed by atoms with E-state index in [1.165, 1.54) is 0 Å². The molecule has 7 rings (SSSR count). The van der Waals surface area contributed by atoms with Crippen LogP contribution in [0.3, 0.4) is 0 Å². The highest BCUT2D eigenvalue weighted by atomic mass is 35.5. The van der Waals surface area contributed by atoms with E-state index >= 15 is 0 Å². The molecule has 2 aromatic heterocycles. The second-order valence-corrected chi connectivity index (χ2v) is 9.87. The van der Waals surface area contributed by atoms with Crippen molar-refractivity contribution in [3.63, 3.8) is 0 Å². The van der Waals surface area contributed by atoms with E-state index in [9.17, 15) is 5.26 Å². The number of rotatable bonds is 4. The number of halogens is 1. The summed E-state index contributed by atoms with van der Waals surface area (Å²) in [6, 6.07) is 41.9. The third kappa shape index (κ3) is 4.17. The Morgan fingerprint density at radius 1 is 0.550 bits per heavy atom. The molecule has 0 fully saturated rings. The summed E-state index contributed by atoms with van der Waals surface area (Å²) in [7, 11) is 0. The van der Waals surface area contributed by atoms with Crippen LogP contribution >= 0.6 is 11.6 Å². The molecular formula is C34H20ClN5. The molecule has 0 bridgehead atoms. The Bertz CT molecular complexity index is 2030. The minimum absolute atomic E-state index is 0.498. The highest BCUT2D eigenvalue weighted by Crippen LogP contribution is 2.32. The Morgan fingerprint density at radius 2 is 1.15 bits per heavy atom. The van der Waals surface area contributed by atoms with Crippen LogP contribution in [0, 0.1) is 11.3 Å². The summed E-state index contributed by atoms with van der Waals surface area (Å²) in [5.41, 5.74) is 6.25. The Kier molecular flexibility index (Phi) is 5.81. The van der Waals surface area contributed by atoms with Gasteiger partial charge in [0.1, 0.15) is 0 Å². The van der Waals surface area contributed by atoms with Crippen LogP contribution in [0.25, 0.3) is 61.7 Å². The van der Waals surface area contributed by atoms with Gasteiger partial charge in [0.25, 0.3) is 0 Å². The van der Waals surface area contributed by atoms with E-state index in [0.717, 1.165) is 44.1 Å². The standard InChI is InChI=1S/C34H20ClN5/c35-27-10-6-8-25(20-27)23-15-17-24(18-16-23)32-37-33(26-9-5-7-22(19-26)21-36)39-34(38-32)40-30-13-3-1-11-28(30)29-12-2-4-14-31(29)40/h1-20H. The molecule has 40 heavy (non-hydrogen) atoms. The first-order valence-corrected chi connectivity index (χ1v) is 13.2. The van der Waals surface area contributed by atoms with Gasteiger partial charge in [-0.2, -0.15) is 15.2 Å². The SMILES string of the molecule is N#Cc1cccc(-c2nc(-c3ccc(-c4cccc(Cl)c4)cc3)nc(-n3c4ccccc4c4ccccc43)n2)c1. The quantitative estimate of drug-likeness (QED) is 0.227. The molecule has 0 unspecified atom stereocenters. The van der Waals surface area contributed by atoms with Crippen molar-refractivity contribution >= 4 is 33.4 Å². The Morgan fingerprint density at radius 3 is 1.82 bits per heavy atom. The third-order valence-corrected chi connectivity index (χ3v) is 7.19. The lowest BCUT2D eigenvalue weighted by Crippen LogP contribution is -2.06. The fraction of sp³-hybridized carbons (Fsp3) is 0. The zero-order valence-electron chi connectivity index (χ0n) is 21.2. The normalized spacial score (nSPS) is 11.1. The van der Waals surface area contributed by atoms with Crippen LogP contribution in [0.4, 0.5) is 0 Å². The van der Waals surface area contributed by atoms with Gasteiger partial charge in [0.2, 0.25) is 5.95 Å². The number of nitrogens with zero attached hydrogens (tertiary/aromatic N) is 5. The smallest absolute Gasteiger partial charge is 0.238 e. The summed E-state index contributed by atoms with van der Waals surface area (Å²) >= 11 is 6.22. The van der Waals surface area contributed by atoms with Crippen LogP contribution in [0.1, 0.15) is 5.56 Å². The van der Waals surface area contributed by atoms with Crippen molar-refractivity contribution in [3.8, 4) is 45.9 Å². The van der Waals surface area contributed by atoms with Gasteiger partial charge >= 0.3 is 0 Å². The first-order valence-electron chi connectivity index (χ1n) is 12.8. The zero-order chi connectivity index (χ0) is 27.1. The summed E-state index contributed by atoms with van der Waals surface area (Å²) in [5, 5.41) is 12.4. The second kappa shape index (κ2) is 9.77. The van der Waals surface area contributed by atoms with Crippen molar-refractivity contribution in [2.24, 2.45) is 0 Å². The minimum Gasteiger partial charge on any atom is -0.278 e. The topological polar surface area (TPSA) is 67.4 Å². The maximum atomic E-state index is 9.50. The molecule has 188 valence electrons. The average molecular weight is 534 g/mol. The number of benzene rings is 5. The van der Waals surface area contributed by atoms with Crippen molar-refractivity contribution in [2.45, 2.75) is 0 Å². The monoisotopic (exact) mass is 533 g/mol. The largest absolute Gasteiger partial charge is 0.278 e. The fourth-order valence-electron chi connectivity index (χ4n) is 5.07. The van der Waals surface area contributed by atoms with E-state index in [2.05, 4.69) is 34.9 Å². The summed E-state index contributed by atoms with van der Waals surface area (Å²) in [4.78, 5) is 14.8. The first-order chi connectivity index (χ1) is 19.7. The molecule has 0 aliphatic heterocycles. The number of aromatic nitrogens is 4. The molecule has 7 aromatic rings. The van der Waals surface area contributed by atoms with Crippen LogP contribution in [-0.4, -0.2) is 19.5 Å². The highest BCUT2D eigenvalue weighted by molar-refractivity contribution is 6.30. The van der Waals surface area contributed by atoms with Gasteiger partial charge in [-0.1, -0.05) is 96.5 Å². The molecule has 0 atom stereocenters. The van der Waals surface area contributed by atoms with Crippen molar-refractivity contribution in [1.29, 1.82) is 5.26 Å². The molecule has 0 aliphatic rings. The maximum Gasteiger partial charge on any atom is 0.238 e. The number of hydrogen-bond donors (Lipinski definition) is 0. The Hall–Kier alpha value is -5.31. The molecule has 6 heteroatoms. The van der Waals surface area contributed by atoms with Gasteiger partial charge < -0.3 is 0 Å². The van der Waals surface area contributed by atoms with E-state index in [4.69, 9.17) is 26.6 Å². The molecule has 0 N–H and O–H groups in total. The summed E-state index contributed by atoms with van der Waals surface area (Å²) in [6.45, 7) is 0. The lowest BCUT2D eigenvalue weighted by molar-refractivity contribution is 0.953. The summed E-state index contributed by atoms with van der Waals surface area (Å²) in [5.74, 6) is 1.55. The van der Waals surface area contributed by atoms with Gasteiger partial charge in [-0.15, -0.1) is 0 Å². The lowest BCUT2D eigenvalue weighted by atomic mass is 10.0. The van der Waals surface area contributed by atoms with Gasteiger partial charge in [0.05, 0.1) is 22.7 Å². The van der Waals surface area contributed by atoms with E-state index in [0.29, 0.717) is 28.2 Å². The van der Waals surface area contributed by atoms with Crippen LogP contribution in [0.5, 0.6) is 0 Å². The number of fused-ring (bicyclic) bond motifs is 3. The van der Waals surface area contributed by atoms with Crippen LogP contribution in [-0.2, 0) is 0 Å². The third-order valence-electron chi connectivity index (χ3n) is 6.95. The van der Waals surface area contributed by atoms with Gasteiger partial charge in [-0.25, -0.2) is 4.98 Å². The van der Waals surface area contributed by atoms with Gasteiger partial charge in [-0.3, -0.25) is 4.57 Å². The molecule has 0 aliphatic carbocycles. The molecule has 0 amide bonds. The van der Waals surface area contributed by atoms with E-state index < -0.39 is 0 Å². The molecule has 0 radical (unpaired) electrons. The van der Waals surface area contributed by atoms with Crippen molar-refractivity contribution in [2.75, 3.05) is 0 Å². The van der Waals surface area contributed by atoms with Gasteiger partial charge in [0.15, 0.2) is 11.6 Å². The fourth-order valence-corrected chi connectivity index (χ4v) is 5.26. The number of nitriles is 1. The molecule has 0 saturated carbocycles. The summed E-state index contributed by atoms with van der Waals surface area (Å²) in [6.07, 6.45) is 0. The van der Waals surface area contributed by atoms with E-state index in [1.54, 1.807) is 12.1 Å². The van der Waals surface area contributed by atoms with Crippen molar-refractivity contribution in [1.82, 2.24) is 19.5 Å². The van der Waals surface area contributed by atoms with Gasteiger partial charge in [-0.05, 0) is 47.5 Å². The Labute approximate surface area is 235 Å². The molecule has 0 saturated heterocycles.